The molecule has 3 aromatic rings. The van der Waals surface area contributed by atoms with E-state index in [1.807, 2.05) is 24.4 Å². The minimum atomic E-state index is -0.245. The molecule has 4 heteroatoms. The Balaban J connectivity index is 2.17. The zero-order chi connectivity index (χ0) is 13.9. The van der Waals surface area contributed by atoms with Crippen LogP contribution >= 0.6 is 0 Å². The van der Waals surface area contributed by atoms with Crippen molar-refractivity contribution in [1.29, 1.82) is 0 Å². The first kappa shape index (κ1) is 12.4. The van der Waals surface area contributed by atoms with Gasteiger partial charge in [-0.05, 0) is 35.9 Å². The summed E-state index contributed by atoms with van der Waals surface area (Å²) in [6.45, 7) is 0. The number of halogens is 1. The second-order valence-electron chi connectivity index (χ2n) is 4.33. The molecule has 2 heterocycles. The molecule has 0 atom stereocenters. The van der Waals surface area contributed by atoms with Crippen LogP contribution in [-0.4, -0.2) is 16.8 Å². The van der Waals surface area contributed by atoms with Crippen LogP contribution in [0, 0.1) is 5.82 Å². The van der Waals surface area contributed by atoms with Crippen LogP contribution in [-0.2, 0) is 0 Å². The van der Waals surface area contributed by atoms with Crippen LogP contribution in [0.4, 0.5) is 4.39 Å². The molecule has 0 saturated carbocycles. The Kier molecular flexibility index (Phi) is 3.21. The zero-order valence-corrected chi connectivity index (χ0v) is 11.0. The quantitative estimate of drug-likeness (QED) is 0.727. The van der Waals surface area contributed by atoms with E-state index < -0.39 is 0 Å². The molecule has 2 aromatic heterocycles. The zero-order valence-electron chi connectivity index (χ0n) is 11.0. The average molecular weight is 268 g/mol. The molecular formula is C16H13FN2O. The molecule has 3 rings (SSSR count). The van der Waals surface area contributed by atoms with Crippen molar-refractivity contribution in [2.45, 2.75) is 0 Å². The number of benzene rings is 1. The van der Waals surface area contributed by atoms with Crippen molar-refractivity contribution < 1.29 is 9.23 Å². The Morgan fingerprint density at radius 1 is 0.950 bits per heavy atom. The Hall–Kier alpha value is -2.62. The summed E-state index contributed by atoms with van der Waals surface area (Å²) in [5, 5.41) is 0. The molecule has 0 saturated heterocycles. The molecule has 0 amide bonds. The molecule has 1 aromatic carbocycles. The lowest BCUT2D eigenvalue weighted by Gasteiger charge is -2.10. The van der Waals surface area contributed by atoms with Gasteiger partial charge in [-0.25, -0.2) is 4.39 Å². The van der Waals surface area contributed by atoms with Crippen LogP contribution in [0.15, 0.2) is 61.1 Å². The molecule has 0 fully saturated rings. The third-order valence-corrected chi connectivity index (χ3v) is 3.16. The minimum Gasteiger partial charge on any atom is -0.417 e. The highest BCUT2D eigenvalue weighted by Crippen LogP contribution is 2.32. The van der Waals surface area contributed by atoms with Gasteiger partial charge in [0, 0.05) is 29.7 Å². The van der Waals surface area contributed by atoms with Crippen LogP contribution in [0.2, 0.25) is 0 Å². The second-order valence-corrected chi connectivity index (χ2v) is 4.33. The van der Waals surface area contributed by atoms with Gasteiger partial charge in [0.2, 0.25) is 0 Å². The standard InChI is InChI=1S/C16H13FN2O/c1-20-19-11-8-15(12-2-4-14(17)5-3-12)16(19)13-6-9-18-10-7-13/h2-11H,1H3. The molecule has 100 valence electrons. The predicted octanol–water partition coefficient (Wildman–Crippen LogP) is 3.41. The molecule has 0 bridgehead atoms. The maximum atomic E-state index is 13.1. The molecule has 0 unspecified atom stereocenters. The van der Waals surface area contributed by atoms with Gasteiger partial charge in [-0.1, -0.05) is 12.1 Å². The lowest BCUT2D eigenvalue weighted by Crippen LogP contribution is -2.05. The molecule has 0 radical (unpaired) electrons. The van der Waals surface area contributed by atoms with Crippen molar-refractivity contribution in [2.75, 3.05) is 7.11 Å². The monoisotopic (exact) mass is 268 g/mol. The summed E-state index contributed by atoms with van der Waals surface area (Å²) in [5.41, 5.74) is 3.83. The summed E-state index contributed by atoms with van der Waals surface area (Å²) in [4.78, 5) is 9.37. The molecular weight excluding hydrogens is 255 g/mol. The van der Waals surface area contributed by atoms with E-state index in [9.17, 15) is 4.39 Å². The lowest BCUT2D eigenvalue weighted by molar-refractivity contribution is 0.172. The maximum Gasteiger partial charge on any atom is 0.123 e. The number of hydrogen-bond acceptors (Lipinski definition) is 2. The predicted molar refractivity (Wildman–Crippen MR) is 75.6 cm³/mol. The lowest BCUT2D eigenvalue weighted by atomic mass is 10.0. The van der Waals surface area contributed by atoms with Gasteiger partial charge in [0.05, 0.1) is 5.69 Å². The first-order chi connectivity index (χ1) is 9.79. The van der Waals surface area contributed by atoms with E-state index in [1.165, 1.54) is 12.1 Å². The fraction of sp³-hybridized carbons (Fsp3) is 0.0625. The molecule has 0 aliphatic rings. The summed E-state index contributed by atoms with van der Waals surface area (Å²) in [6, 6.07) is 12.2. The van der Waals surface area contributed by atoms with Crippen molar-refractivity contribution >= 4 is 0 Å². The van der Waals surface area contributed by atoms with Gasteiger partial charge in [-0.3, -0.25) is 4.98 Å². The Labute approximate surface area is 116 Å². The van der Waals surface area contributed by atoms with E-state index >= 15 is 0 Å². The van der Waals surface area contributed by atoms with Crippen molar-refractivity contribution in [3.05, 3.63) is 66.9 Å². The summed E-state index contributed by atoms with van der Waals surface area (Å²) >= 11 is 0. The van der Waals surface area contributed by atoms with Crippen molar-refractivity contribution in [2.24, 2.45) is 0 Å². The highest BCUT2D eigenvalue weighted by Gasteiger charge is 2.13. The third-order valence-electron chi connectivity index (χ3n) is 3.16. The van der Waals surface area contributed by atoms with Gasteiger partial charge >= 0.3 is 0 Å². The van der Waals surface area contributed by atoms with Crippen molar-refractivity contribution in [3.8, 4) is 22.4 Å². The number of rotatable bonds is 3. The highest BCUT2D eigenvalue weighted by atomic mass is 19.1. The Bertz CT molecular complexity index is 705. The van der Waals surface area contributed by atoms with Gasteiger partial charge in [0.25, 0.3) is 0 Å². The van der Waals surface area contributed by atoms with E-state index in [1.54, 1.807) is 36.4 Å². The van der Waals surface area contributed by atoms with Gasteiger partial charge in [-0.15, -0.1) is 0 Å². The van der Waals surface area contributed by atoms with E-state index in [2.05, 4.69) is 4.98 Å². The smallest absolute Gasteiger partial charge is 0.123 e. The molecule has 0 aliphatic heterocycles. The van der Waals surface area contributed by atoms with Gasteiger partial charge in [-0.2, -0.15) is 4.73 Å². The Morgan fingerprint density at radius 3 is 2.30 bits per heavy atom. The largest absolute Gasteiger partial charge is 0.417 e. The molecule has 0 aliphatic carbocycles. The minimum absolute atomic E-state index is 0.245. The second kappa shape index (κ2) is 5.17. The van der Waals surface area contributed by atoms with E-state index in [0.29, 0.717) is 0 Å². The summed E-state index contributed by atoms with van der Waals surface area (Å²) in [7, 11) is 1.61. The number of pyridine rings is 1. The summed E-state index contributed by atoms with van der Waals surface area (Å²) < 4.78 is 14.7. The molecule has 0 spiro atoms. The normalized spacial score (nSPS) is 10.5. The first-order valence-electron chi connectivity index (χ1n) is 6.22. The van der Waals surface area contributed by atoms with Gasteiger partial charge < -0.3 is 4.84 Å². The van der Waals surface area contributed by atoms with Crippen LogP contribution in [0.1, 0.15) is 0 Å². The number of hydrogen-bond donors (Lipinski definition) is 0. The van der Waals surface area contributed by atoms with Crippen molar-refractivity contribution in [1.82, 2.24) is 9.71 Å². The average Bonchev–Trinajstić information content (AvgIpc) is 2.93. The SMILES string of the molecule is COn1ccc(-c2ccc(F)cc2)c1-c1ccncc1. The third kappa shape index (κ3) is 2.16. The van der Waals surface area contributed by atoms with E-state index in [-0.39, 0.29) is 5.82 Å². The van der Waals surface area contributed by atoms with E-state index in [4.69, 9.17) is 4.84 Å². The number of aromatic nitrogens is 2. The first-order valence-corrected chi connectivity index (χ1v) is 6.22. The molecule has 0 N–H and O–H groups in total. The van der Waals surface area contributed by atoms with Crippen LogP contribution < -0.4 is 4.84 Å². The molecule has 20 heavy (non-hydrogen) atoms. The van der Waals surface area contributed by atoms with E-state index in [0.717, 1.165) is 22.4 Å². The molecule has 3 nitrogen and oxygen atoms in total. The summed E-state index contributed by atoms with van der Waals surface area (Å²) in [6.07, 6.45) is 5.31. The van der Waals surface area contributed by atoms with Gasteiger partial charge in [0.15, 0.2) is 0 Å². The maximum absolute atomic E-state index is 13.1. The van der Waals surface area contributed by atoms with Crippen molar-refractivity contribution in [3.63, 3.8) is 0 Å². The van der Waals surface area contributed by atoms with Gasteiger partial charge in [0.1, 0.15) is 12.9 Å². The van der Waals surface area contributed by atoms with Crippen LogP contribution in [0.25, 0.3) is 22.4 Å². The number of nitrogens with zero attached hydrogens (tertiary/aromatic N) is 2. The highest BCUT2D eigenvalue weighted by molar-refractivity contribution is 5.81. The topological polar surface area (TPSA) is 27.1 Å². The fourth-order valence-corrected chi connectivity index (χ4v) is 2.22. The Morgan fingerprint density at radius 2 is 1.65 bits per heavy atom. The van der Waals surface area contributed by atoms with Crippen LogP contribution in [0.5, 0.6) is 0 Å². The summed E-state index contributed by atoms with van der Waals surface area (Å²) in [5.74, 6) is -0.245. The van der Waals surface area contributed by atoms with Crippen LogP contribution in [0.3, 0.4) is 0 Å². The fourth-order valence-electron chi connectivity index (χ4n) is 2.22.